The zero-order chi connectivity index (χ0) is 18.0. The van der Waals surface area contributed by atoms with Crippen LogP contribution in [-0.4, -0.2) is 9.91 Å². The van der Waals surface area contributed by atoms with Gasteiger partial charge in [0.25, 0.3) is 5.69 Å². The zero-order valence-corrected chi connectivity index (χ0v) is 12.4. The first-order valence-electron chi connectivity index (χ1n) is 6.90. The van der Waals surface area contributed by atoms with Crippen molar-refractivity contribution in [1.29, 1.82) is 0 Å². The Morgan fingerprint density at radius 1 is 1.04 bits per heavy atom. The summed E-state index contributed by atoms with van der Waals surface area (Å²) in [6.45, 7) is 0. The molecule has 0 atom stereocenters. The van der Waals surface area contributed by atoms with E-state index in [9.17, 15) is 23.3 Å². The minimum atomic E-state index is -4.79. The Kier molecular flexibility index (Phi) is 4.14. The number of nitro benzene ring substituents is 1. The molecule has 0 saturated carbocycles. The van der Waals surface area contributed by atoms with Crippen LogP contribution in [0.1, 0.15) is 5.69 Å². The molecule has 0 spiro atoms. The van der Waals surface area contributed by atoms with Crippen molar-refractivity contribution in [3.63, 3.8) is 0 Å². The van der Waals surface area contributed by atoms with Crippen molar-refractivity contribution in [3.05, 3.63) is 70.4 Å². The van der Waals surface area contributed by atoms with Gasteiger partial charge in [-0.15, -0.1) is 0 Å². The average Bonchev–Trinajstić information content (AvgIpc) is 3.00. The molecule has 1 aromatic heterocycles. The van der Waals surface area contributed by atoms with Crippen LogP contribution < -0.4 is 4.74 Å². The highest BCUT2D eigenvalue weighted by molar-refractivity contribution is 5.54. The summed E-state index contributed by atoms with van der Waals surface area (Å²) in [5, 5.41) is 10.6. The Bertz CT molecular complexity index is 890. The van der Waals surface area contributed by atoms with Crippen molar-refractivity contribution in [2.45, 2.75) is 6.18 Å². The van der Waals surface area contributed by atoms with Gasteiger partial charge in [-0.05, 0) is 24.3 Å². The van der Waals surface area contributed by atoms with Crippen LogP contribution in [0.5, 0.6) is 11.7 Å². The largest absolute Gasteiger partial charge is 0.440 e. The Morgan fingerprint density at radius 3 is 2.24 bits per heavy atom. The quantitative estimate of drug-likeness (QED) is 0.485. The lowest BCUT2D eigenvalue weighted by Crippen LogP contribution is -2.07. The molecule has 0 amide bonds. The van der Waals surface area contributed by atoms with Crippen LogP contribution in [-0.2, 0) is 6.18 Å². The number of nitro groups is 1. The predicted octanol–water partition coefficient (Wildman–Crippen LogP) is 5.06. The summed E-state index contributed by atoms with van der Waals surface area (Å²) in [7, 11) is 0. The molecule has 0 unspecified atom stereocenters. The average molecular weight is 350 g/mol. The Balaban J connectivity index is 1.97. The molecule has 2 aromatic carbocycles. The molecule has 0 radical (unpaired) electrons. The van der Waals surface area contributed by atoms with Gasteiger partial charge in [-0.2, -0.15) is 13.2 Å². The SMILES string of the molecule is O=[N+]([O-])c1ccc(Oc2oc(-c3ccccc3)nc2C(F)(F)F)cc1. The van der Waals surface area contributed by atoms with Crippen LogP contribution in [0.4, 0.5) is 18.9 Å². The van der Waals surface area contributed by atoms with E-state index in [0.29, 0.717) is 5.56 Å². The minimum Gasteiger partial charge on any atom is -0.424 e. The van der Waals surface area contributed by atoms with E-state index in [1.807, 2.05) is 0 Å². The fourth-order valence-corrected chi connectivity index (χ4v) is 2.00. The number of nitrogens with zero attached hydrogens (tertiary/aromatic N) is 2. The lowest BCUT2D eigenvalue weighted by Gasteiger charge is -2.05. The van der Waals surface area contributed by atoms with E-state index in [2.05, 4.69) is 4.98 Å². The van der Waals surface area contributed by atoms with E-state index < -0.39 is 22.7 Å². The van der Waals surface area contributed by atoms with Crippen molar-refractivity contribution in [3.8, 4) is 23.1 Å². The van der Waals surface area contributed by atoms with E-state index in [-0.39, 0.29) is 17.3 Å². The summed E-state index contributed by atoms with van der Waals surface area (Å²) in [5.74, 6) is -1.13. The van der Waals surface area contributed by atoms with E-state index in [0.717, 1.165) is 12.1 Å². The molecule has 0 bridgehead atoms. The van der Waals surface area contributed by atoms with Gasteiger partial charge in [0.05, 0.1) is 4.92 Å². The number of hydrogen-bond acceptors (Lipinski definition) is 5. The van der Waals surface area contributed by atoms with Crippen molar-refractivity contribution in [2.75, 3.05) is 0 Å². The number of rotatable bonds is 4. The molecule has 3 rings (SSSR count). The molecule has 0 aliphatic heterocycles. The van der Waals surface area contributed by atoms with Gasteiger partial charge in [0.2, 0.25) is 11.6 Å². The van der Waals surface area contributed by atoms with Gasteiger partial charge < -0.3 is 9.15 Å². The predicted molar refractivity (Wildman–Crippen MR) is 80.1 cm³/mol. The monoisotopic (exact) mass is 350 g/mol. The number of aromatic nitrogens is 1. The lowest BCUT2D eigenvalue weighted by molar-refractivity contribution is -0.384. The number of alkyl halides is 3. The van der Waals surface area contributed by atoms with Gasteiger partial charge in [0.15, 0.2) is 0 Å². The molecule has 0 aliphatic carbocycles. The number of hydrogen-bond donors (Lipinski definition) is 0. The number of ether oxygens (including phenoxy) is 1. The molecular formula is C16H9F3N2O4. The first kappa shape index (κ1) is 16.5. The molecule has 0 fully saturated rings. The van der Waals surface area contributed by atoms with Crippen LogP contribution >= 0.6 is 0 Å². The van der Waals surface area contributed by atoms with Crippen LogP contribution in [0.2, 0.25) is 0 Å². The molecule has 0 N–H and O–H groups in total. The fraction of sp³-hybridized carbons (Fsp3) is 0.0625. The maximum Gasteiger partial charge on any atom is 0.440 e. The van der Waals surface area contributed by atoms with Crippen molar-refractivity contribution < 1.29 is 27.2 Å². The second-order valence-electron chi connectivity index (χ2n) is 4.87. The van der Waals surface area contributed by atoms with Crippen LogP contribution in [0.15, 0.2) is 59.0 Å². The molecule has 128 valence electrons. The molecule has 1 heterocycles. The minimum absolute atomic E-state index is 0.0492. The summed E-state index contributed by atoms with van der Waals surface area (Å²) < 4.78 is 49.7. The van der Waals surface area contributed by atoms with Gasteiger partial charge in [0.1, 0.15) is 5.75 Å². The van der Waals surface area contributed by atoms with Crippen LogP contribution in [0.25, 0.3) is 11.5 Å². The highest BCUT2D eigenvalue weighted by Crippen LogP contribution is 2.40. The Morgan fingerprint density at radius 2 is 1.68 bits per heavy atom. The van der Waals surface area contributed by atoms with Crippen molar-refractivity contribution in [2.24, 2.45) is 0 Å². The summed E-state index contributed by atoms with van der Waals surface area (Å²) in [6.07, 6.45) is -4.79. The smallest absolute Gasteiger partial charge is 0.424 e. The normalized spacial score (nSPS) is 11.3. The van der Waals surface area contributed by atoms with Crippen LogP contribution in [0.3, 0.4) is 0 Å². The first-order chi connectivity index (χ1) is 11.8. The number of halogens is 3. The third-order valence-corrected chi connectivity index (χ3v) is 3.14. The zero-order valence-electron chi connectivity index (χ0n) is 12.4. The highest BCUT2D eigenvalue weighted by atomic mass is 19.4. The van der Waals surface area contributed by atoms with E-state index >= 15 is 0 Å². The van der Waals surface area contributed by atoms with E-state index in [4.69, 9.17) is 9.15 Å². The standard InChI is InChI=1S/C16H9F3N2O4/c17-16(18,19)13-15(24-12-8-6-11(7-9-12)21(22)23)25-14(20-13)10-4-2-1-3-5-10/h1-9H. The third-order valence-electron chi connectivity index (χ3n) is 3.14. The Hall–Kier alpha value is -3.36. The van der Waals surface area contributed by atoms with Gasteiger partial charge in [-0.3, -0.25) is 10.1 Å². The van der Waals surface area contributed by atoms with Crippen LogP contribution in [0, 0.1) is 10.1 Å². The van der Waals surface area contributed by atoms with Gasteiger partial charge in [-0.25, -0.2) is 4.98 Å². The fourth-order valence-electron chi connectivity index (χ4n) is 2.00. The summed E-state index contributed by atoms with van der Waals surface area (Å²) in [4.78, 5) is 13.4. The maximum atomic E-state index is 13.2. The van der Waals surface area contributed by atoms with E-state index in [1.54, 1.807) is 30.3 Å². The molecule has 6 nitrogen and oxygen atoms in total. The third kappa shape index (κ3) is 3.60. The molecule has 0 aliphatic rings. The molecule has 9 heteroatoms. The van der Waals surface area contributed by atoms with E-state index in [1.165, 1.54) is 12.1 Å². The lowest BCUT2D eigenvalue weighted by atomic mass is 10.2. The molecule has 25 heavy (non-hydrogen) atoms. The first-order valence-corrected chi connectivity index (χ1v) is 6.90. The number of benzene rings is 2. The molecular weight excluding hydrogens is 341 g/mol. The topological polar surface area (TPSA) is 78.4 Å². The molecule has 0 saturated heterocycles. The second kappa shape index (κ2) is 6.27. The summed E-state index contributed by atoms with van der Waals surface area (Å²) in [6, 6.07) is 12.6. The number of oxazole rings is 1. The van der Waals surface area contributed by atoms with Gasteiger partial charge >= 0.3 is 12.1 Å². The molecule has 3 aromatic rings. The maximum absolute atomic E-state index is 13.2. The summed E-state index contributed by atoms with van der Waals surface area (Å²) in [5.41, 5.74) is -1.18. The number of non-ortho nitro benzene ring substituents is 1. The van der Waals surface area contributed by atoms with Crippen molar-refractivity contribution in [1.82, 2.24) is 4.98 Å². The van der Waals surface area contributed by atoms with Gasteiger partial charge in [-0.1, -0.05) is 18.2 Å². The van der Waals surface area contributed by atoms with Gasteiger partial charge in [0, 0.05) is 17.7 Å². The second-order valence-corrected chi connectivity index (χ2v) is 4.87. The van der Waals surface area contributed by atoms with Crippen molar-refractivity contribution >= 4 is 5.69 Å². The highest BCUT2D eigenvalue weighted by Gasteiger charge is 2.40. The summed E-state index contributed by atoms with van der Waals surface area (Å²) >= 11 is 0. The Labute approximate surface area is 138 Å².